The topological polar surface area (TPSA) is 36.9 Å². The van der Waals surface area contributed by atoms with Crippen LogP contribution in [-0.4, -0.2) is 51.3 Å². The van der Waals surface area contributed by atoms with Gasteiger partial charge in [-0.05, 0) is 31.6 Å². The molecular weight excluding hydrogens is 226 g/mol. The van der Waals surface area contributed by atoms with Crippen LogP contribution in [0.3, 0.4) is 0 Å². The van der Waals surface area contributed by atoms with Crippen molar-refractivity contribution < 1.29 is 4.74 Å². The van der Waals surface area contributed by atoms with Gasteiger partial charge in [0.2, 0.25) is 0 Å². The van der Waals surface area contributed by atoms with Crippen LogP contribution in [0.2, 0.25) is 0 Å². The Bertz CT molecular complexity index is 262. The fourth-order valence-corrected chi connectivity index (χ4v) is 1.73. The van der Waals surface area contributed by atoms with Crippen molar-refractivity contribution in [2.24, 2.45) is 10.9 Å². The number of aliphatic imine (C=N–C) groups is 1. The summed E-state index contributed by atoms with van der Waals surface area (Å²) in [6, 6.07) is 0. The number of hydrogen-bond donors (Lipinski definition) is 1. The Morgan fingerprint density at radius 2 is 2.33 bits per heavy atom. The molecule has 0 amide bonds. The number of guanidine groups is 1. The van der Waals surface area contributed by atoms with E-state index in [1.54, 1.807) is 0 Å². The van der Waals surface area contributed by atoms with Gasteiger partial charge in [0.25, 0.3) is 0 Å². The quantitative estimate of drug-likeness (QED) is 0.295. The molecule has 1 N–H and O–H groups in total. The van der Waals surface area contributed by atoms with E-state index in [1.807, 2.05) is 13.1 Å². The summed E-state index contributed by atoms with van der Waals surface area (Å²) in [6.45, 7) is 7.24. The summed E-state index contributed by atoms with van der Waals surface area (Å²) in [5.74, 6) is 1.78. The largest absolute Gasteiger partial charge is 0.379 e. The molecule has 0 radical (unpaired) electrons. The van der Waals surface area contributed by atoms with Gasteiger partial charge in [0, 0.05) is 33.8 Å². The molecule has 4 nitrogen and oxygen atoms in total. The zero-order valence-corrected chi connectivity index (χ0v) is 11.8. The second-order valence-corrected chi connectivity index (χ2v) is 4.84. The second-order valence-electron chi connectivity index (χ2n) is 4.84. The molecule has 1 fully saturated rings. The Hall–Kier alpha value is -1.03. The Morgan fingerprint density at radius 1 is 1.56 bits per heavy atom. The van der Waals surface area contributed by atoms with Crippen molar-refractivity contribution in [2.75, 3.05) is 40.4 Å². The number of ether oxygens (including phenoxy) is 1. The monoisotopic (exact) mass is 253 g/mol. The standard InChI is InChI=1S/C14H27N3O/c1-4-5-6-10-17(3)14(15-2)16-9-11-18-12-13-7-8-13/h4,13H,1,5-12H2,2-3H3,(H,15,16). The summed E-state index contributed by atoms with van der Waals surface area (Å²) < 4.78 is 5.58. The summed E-state index contributed by atoms with van der Waals surface area (Å²) in [6.07, 6.45) is 6.81. The highest BCUT2D eigenvalue weighted by molar-refractivity contribution is 5.79. The lowest BCUT2D eigenvalue weighted by Crippen LogP contribution is -2.40. The molecule has 1 saturated carbocycles. The van der Waals surface area contributed by atoms with Gasteiger partial charge in [-0.2, -0.15) is 0 Å². The van der Waals surface area contributed by atoms with E-state index in [0.29, 0.717) is 0 Å². The summed E-state index contributed by atoms with van der Waals surface area (Å²) in [5, 5.41) is 3.32. The normalized spacial score (nSPS) is 15.6. The molecule has 0 heterocycles. The smallest absolute Gasteiger partial charge is 0.193 e. The predicted octanol–water partition coefficient (Wildman–Crippen LogP) is 1.89. The maximum absolute atomic E-state index is 5.58. The van der Waals surface area contributed by atoms with E-state index in [4.69, 9.17) is 4.74 Å². The first-order valence-corrected chi connectivity index (χ1v) is 6.88. The van der Waals surface area contributed by atoms with Gasteiger partial charge >= 0.3 is 0 Å². The highest BCUT2D eigenvalue weighted by Gasteiger charge is 2.20. The molecule has 0 aliphatic heterocycles. The van der Waals surface area contributed by atoms with Gasteiger partial charge < -0.3 is 15.0 Å². The molecule has 1 rings (SSSR count). The number of nitrogens with one attached hydrogen (secondary N) is 1. The van der Waals surface area contributed by atoms with Gasteiger partial charge in [-0.15, -0.1) is 6.58 Å². The van der Waals surface area contributed by atoms with Gasteiger partial charge in [-0.25, -0.2) is 0 Å². The minimum Gasteiger partial charge on any atom is -0.379 e. The highest BCUT2D eigenvalue weighted by atomic mass is 16.5. The highest BCUT2D eigenvalue weighted by Crippen LogP contribution is 2.28. The molecule has 0 unspecified atom stereocenters. The van der Waals surface area contributed by atoms with E-state index in [1.165, 1.54) is 12.8 Å². The van der Waals surface area contributed by atoms with Crippen LogP contribution in [0.25, 0.3) is 0 Å². The van der Waals surface area contributed by atoms with E-state index >= 15 is 0 Å². The minimum atomic E-state index is 0.760. The average molecular weight is 253 g/mol. The van der Waals surface area contributed by atoms with E-state index in [0.717, 1.165) is 51.0 Å². The average Bonchev–Trinajstić information content (AvgIpc) is 3.18. The number of allylic oxidation sites excluding steroid dienone is 1. The zero-order chi connectivity index (χ0) is 13.2. The molecule has 0 aromatic heterocycles. The lowest BCUT2D eigenvalue weighted by Gasteiger charge is -2.21. The zero-order valence-electron chi connectivity index (χ0n) is 11.8. The molecule has 0 saturated heterocycles. The lowest BCUT2D eigenvalue weighted by molar-refractivity contribution is 0.128. The third-order valence-electron chi connectivity index (χ3n) is 3.06. The van der Waals surface area contributed by atoms with Crippen molar-refractivity contribution in [3.05, 3.63) is 12.7 Å². The molecule has 1 aliphatic carbocycles. The van der Waals surface area contributed by atoms with Crippen LogP contribution in [0.4, 0.5) is 0 Å². The van der Waals surface area contributed by atoms with Gasteiger partial charge in [0.05, 0.1) is 6.61 Å². The Morgan fingerprint density at radius 3 is 2.94 bits per heavy atom. The summed E-state index contributed by atoms with van der Waals surface area (Å²) in [7, 11) is 3.88. The molecule has 104 valence electrons. The first-order valence-electron chi connectivity index (χ1n) is 6.88. The second kappa shape index (κ2) is 8.97. The van der Waals surface area contributed by atoms with Crippen LogP contribution in [-0.2, 0) is 4.74 Å². The molecule has 0 bridgehead atoms. The number of hydrogen-bond acceptors (Lipinski definition) is 2. The van der Waals surface area contributed by atoms with Crippen LogP contribution in [0, 0.1) is 5.92 Å². The first kappa shape index (κ1) is 15.0. The van der Waals surface area contributed by atoms with Crippen molar-refractivity contribution in [3.8, 4) is 0 Å². The van der Waals surface area contributed by atoms with Gasteiger partial charge in [0.1, 0.15) is 0 Å². The Kier molecular flexibility index (Phi) is 7.49. The minimum absolute atomic E-state index is 0.760. The SMILES string of the molecule is C=CCCCN(C)C(=NC)NCCOCC1CC1. The third-order valence-corrected chi connectivity index (χ3v) is 3.06. The molecule has 0 aromatic carbocycles. The molecule has 18 heavy (non-hydrogen) atoms. The molecule has 4 heteroatoms. The fourth-order valence-electron chi connectivity index (χ4n) is 1.73. The van der Waals surface area contributed by atoms with Gasteiger partial charge in [-0.1, -0.05) is 6.08 Å². The number of rotatable bonds is 9. The molecule has 0 aromatic rings. The van der Waals surface area contributed by atoms with Crippen molar-refractivity contribution in [1.82, 2.24) is 10.2 Å². The van der Waals surface area contributed by atoms with Crippen LogP contribution in [0.1, 0.15) is 25.7 Å². The van der Waals surface area contributed by atoms with Crippen LogP contribution >= 0.6 is 0 Å². The summed E-state index contributed by atoms with van der Waals surface area (Å²) in [5.41, 5.74) is 0. The predicted molar refractivity (Wildman–Crippen MR) is 77.0 cm³/mol. The Balaban J connectivity index is 2.05. The third kappa shape index (κ3) is 6.64. The van der Waals surface area contributed by atoms with Crippen molar-refractivity contribution in [2.45, 2.75) is 25.7 Å². The van der Waals surface area contributed by atoms with Crippen LogP contribution < -0.4 is 5.32 Å². The van der Waals surface area contributed by atoms with E-state index in [-0.39, 0.29) is 0 Å². The fraction of sp³-hybridized carbons (Fsp3) is 0.786. The molecule has 1 aliphatic rings. The maximum Gasteiger partial charge on any atom is 0.193 e. The molecule has 0 atom stereocenters. The Labute approximate surface area is 111 Å². The van der Waals surface area contributed by atoms with Gasteiger partial charge in [-0.3, -0.25) is 4.99 Å². The van der Waals surface area contributed by atoms with E-state index in [2.05, 4.69) is 28.8 Å². The lowest BCUT2D eigenvalue weighted by atomic mass is 10.3. The van der Waals surface area contributed by atoms with Crippen molar-refractivity contribution >= 4 is 5.96 Å². The number of nitrogens with zero attached hydrogens (tertiary/aromatic N) is 2. The summed E-state index contributed by atoms with van der Waals surface area (Å²) in [4.78, 5) is 6.41. The van der Waals surface area contributed by atoms with Gasteiger partial charge in [0.15, 0.2) is 5.96 Å². The van der Waals surface area contributed by atoms with Crippen molar-refractivity contribution in [3.63, 3.8) is 0 Å². The summed E-state index contributed by atoms with van der Waals surface area (Å²) >= 11 is 0. The van der Waals surface area contributed by atoms with Crippen LogP contribution in [0.5, 0.6) is 0 Å². The van der Waals surface area contributed by atoms with E-state index < -0.39 is 0 Å². The number of unbranched alkanes of at least 4 members (excludes halogenated alkanes) is 1. The van der Waals surface area contributed by atoms with Crippen LogP contribution in [0.15, 0.2) is 17.6 Å². The first-order chi connectivity index (χ1) is 8.77. The van der Waals surface area contributed by atoms with Crippen molar-refractivity contribution in [1.29, 1.82) is 0 Å². The molecule has 0 spiro atoms. The molecular formula is C14H27N3O. The maximum atomic E-state index is 5.58. The van der Waals surface area contributed by atoms with E-state index in [9.17, 15) is 0 Å².